The first-order valence-corrected chi connectivity index (χ1v) is 8.11. The molecule has 4 nitrogen and oxygen atoms in total. The van der Waals surface area contributed by atoms with Gasteiger partial charge in [0.1, 0.15) is 5.75 Å². The minimum absolute atomic E-state index is 0.00339. The molecule has 3 aliphatic rings. The molecule has 2 heterocycles. The van der Waals surface area contributed by atoms with Crippen molar-refractivity contribution in [3.8, 4) is 5.75 Å². The van der Waals surface area contributed by atoms with E-state index in [1.807, 2.05) is 29.2 Å². The van der Waals surface area contributed by atoms with Crippen molar-refractivity contribution >= 4 is 11.6 Å². The predicted molar refractivity (Wildman–Crippen MR) is 81.5 cm³/mol. The van der Waals surface area contributed by atoms with Gasteiger partial charge in [-0.05, 0) is 49.8 Å². The van der Waals surface area contributed by atoms with Crippen LogP contribution in [-0.4, -0.2) is 31.6 Å². The van der Waals surface area contributed by atoms with Crippen molar-refractivity contribution < 1.29 is 9.53 Å². The first-order valence-electron chi connectivity index (χ1n) is 8.11. The monoisotopic (exact) mass is 286 g/mol. The first-order chi connectivity index (χ1) is 10.3. The van der Waals surface area contributed by atoms with E-state index < -0.39 is 0 Å². The molecular weight excluding hydrogens is 264 g/mol. The van der Waals surface area contributed by atoms with Gasteiger partial charge in [0, 0.05) is 6.54 Å². The van der Waals surface area contributed by atoms with E-state index in [0.29, 0.717) is 18.4 Å². The van der Waals surface area contributed by atoms with Crippen LogP contribution in [0.4, 0.5) is 5.69 Å². The highest BCUT2D eigenvalue weighted by molar-refractivity contribution is 5.99. The lowest BCUT2D eigenvalue weighted by Crippen LogP contribution is -2.46. The fraction of sp³-hybridized carbons (Fsp3) is 0.588. The van der Waals surface area contributed by atoms with Gasteiger partial charge in [0.25, 0.3) is 0 Å². The standard InChI is InChI=1S/C17H22N2O2/c20-17(16-13-6-3-5-12(13)11-18-16)19-9-4-10-21-15-8-2-1-7-14(15)19/h1-2,7-8,12-13,16,18H,3-6,9-11H2. The van der Waals surface area contributed by atoms with Gasteiger partial charge in [0.2, 0.25) is 5.91 Å². The smallest absolute Gasteiger partial charge is 0.244 e. The number of amides is 1. The Morgan fingerprint density at radius 2 is 2.14 bits per heavy atom. The lowest BCUT2D eigenvalue weighted by atomic mass is 9.93. The Labute approximate surface area is 125 Å². The molecule has 1 aliphatic carbocycles. The molecule has 1 saturated heterocycles. The fourth-order valence-electron chi connectivity index (χ4n) is 4.18. The number of rotatable bonds is 1. The van der Waals surface area contributed by atoms with Crippen molar-refractivity contribution in [2.45, 2.75) is 31.7 Å². The molecule has 3 atom stereocenters. The number of nitrogens with zero attached hydrogens (tertiary/aromatic N) is 1. The van der Waals surface area contributed by atoms with Crippen molar-refractivity contribution in [2.24, 2.45) is 11.8 Å². The number of ether oxygens (including phenoxy) is 1. The van der Waals surface area contributed by atoms with E-state index in [-0.39, 0.29) is 11.9 Å². The maximum absolute atomic E-state index is 13.1. The summed E-state index contributed by atoms with van der Waals surface area (Å²) >= 11 is 0. The van der Waals surface area contributed by atoms with Crippen molar-refractivity contribution in [3.63, 3.8) is 0 Å². The van der Waals surface area contributed by atoms with Gasteiger partial charge in [-0.25, -0.2) is 0 Å². The molecule has 1 saturated carbocycles. The Kier molecular flexibility index (Phi) is 3.34. The van der Waals surface area contributed by atoms with Gasteiger partial charge in [-0.1, -0.05) is 18.6 Å². The largest absolute Gasteiger partial charge is 0.491 e. The number of anilines is 1. The molecule has 3 unspecified atom stereocenters. The van der Waals surface area contributed by atoms with Gasteiger partial charge >= 0.3 is 0 Å². The normalized spacial score (nSPS) is 31.2. The van der Waals surface area contributed by atoms with Gasteiger partial charge in [0.15, 0.2) is 0 Å². The first kappa shape index (κ1) is 13.1. The van der Waals surface area contributed by atoms with Gasteiger partial charge < -0.3 is 15.0 Å². The summed E-state index contributed by atoms with van der Waals surface area (Å²) in [6.07, 6.45) is 4.64. The second-order valence-electron chi connectivity index (χ2n) is 6.40. The molecule has 1 aromatic carbocycles. The molecule has 1 aromatic rings. The molecule has 1 amide bonds. The molecule has 21 heavy (non-hydrogen) atoms. The van der Waals surface area contributed by atoms with Crippen molar-refractivity contribution in [1.29, 1.82) is 0 Å². The van der Waals surface area contributed by atoms with E-state index in [4.69, 9.17) is 4.74 Å². The second-order valence-corrected chi connectivity index (χ2v) is 6.40. The minimum Gasteiger partial charge on any atom is -0.491 e. The van der Waals surface area contributed by atoms with Crippen LogP contribution < -0.4 is 15.0 Å². The maximum atomic E-state index is 13.1. The highest BCUT2D eigenvalue weighted by Crippen LogP contribution is 2.39. The van der Waals surface area contributed by atoms with E-state index in [1.165, 1.54) is 19.3 Å². The Bertz CT molecular complexity index is 545. The Morgan fingerprint density at radius 1 is 1.24 bits per heavy atom. The number of benzene rings is 1. The van der Waals surface area contributed by atoms with E-state index >= 15 is 0 Å². The maximum Gasteiger partial charge on any atom is 0.244 e. The molecule has 2 aliphatic heterocycles. The topological polar surface area (TPSA) is 41.6 Å². The molecule has 0 spiro atoms. The third-order valence-corrected chi connectivity index (χ3v) is 5.22. The highest BCUT2D eigenvalue weighted by Gasteiger charge is 2.44. The Balaban J connectivity index is 1.62. The van der Waals surface area contributed by atoms with Crippen LogP contribution in [0.1, 0.15) is 25.7 Å². The molecule has 4 rings (SSSR count). The summed E-state index contributed by atoms with van der Waals surface area (Å²) in [6, 6.07) is 7.91. The number of nitrogens with one attached hydrogen (secondary N) is 1. The fourth-order valence-corrected chi connectivity index (χ4v) is 4.18. The number of fused-ring (bicyclic) bond motifs is 2. The Morgan fingerprint density at radius 3 is 3.10 bits per heavy atom. The quantitative estimate of drug-likeness (QED) is 0.860. The van der Waals surface area contributed by atoms with Crippen LogP contribution in [-0.2, 0) is 4.79 Å². The van der Waals surface area contributed by atoms with Gasteiger partial charge in [-0.2, -0.15) is 0 Å². The zero-order valence-corrected chi connectivity index (χ0v) is 12.3. The van der Waals surface area contributed by atoms with Crippen LogP contribution in [0.25, 0.3) is 0 Å². The van der Waals surface area contributed by atoms with Crippen molar-refractivity contribution in [3.05, 3.63) is 24.3 Å². The summed E-state index contributed by atoms with van der Waals surface area (Å²) in [6.45, 7) is 2.45. The summed E-state index contributed by atoms with van der Waals surface area (Å²) in [5.74, 6) is 2.32. The lowest BCUT2D eigenvalue weighted by molar-refractivity contribution is -0.121. The van der Waals surface area contributed by atoms with Crippen LogP contribution >= 0.6 is 0 Å². The zero-order valence-electron chi connectivity index (χ0n) is 12.3. The third-order valence-electron chi connectivity index (χ3n) is 5.22. The highest BCUT2D eigenvalue weighted by atomic mass is 16.5. The zero-order chi connectivity index (χ0) is 14.2. The number of carbonyl (C=O) groups excluding carboxylic acids is 1. The number of carbonyl (C=O) groups is 1. The molecule has 0 bridgehead atoms. The molecular formula is C17H22N2O2. The van der Waals surface area contributed by atoms with Crippen molar-refractivity contribution in [2.75, 3.05) is 24.6 Å². The van der Waals surface area contributed by atoms with E-state index in [0.717, 1.165) is 30.9 Å². The van der Waals surface area contributed by atoms with Gasteiger partial charge in [0.05, 0.1) is 18.3 Å². The minimum atomic E-state index is 0.00339. The summed E-state index contributed by atoms with van der Waals surface area (Å²) in [5.41, 5.74) is 0.934. The van der Waals surface area contributed by atoms with Gasteiger partial charge in [-0.3, -0.25) is 4.79 Å². The average molecular weight is 286 g/mol. The molecule has 112 valence electrons. The number of para-hydroxylation sites is 2. The molecule has 0 radical (unpaired) electrons. The summed E-state index contributed by atoms with van der Waals surface area (Å²) in [4.78, 5) is 15.0. The lowest BCUT2D eigenvalue weighted by Gasteiger charge is -2.27. The molecule has 1 N–H and O–H groups in total. The molecule has 2 fully saturated rings. The second kappa shape index (κ2) is 5.34. The summed E-state index contributed by atoms with van der Waals surface area (Å²) in [5, 5.41) is 3.47. The van der Waals surface area contributed by atoms with Crippen LogP contribution in [0.15, 0.2) is 24.3 Å². The Hall–Kier alpha value is -1.55. The van der Waals surface area contributed by atoms with E-state index in [1.54, 1.807) is 0 Å². The third kappa shape index (κ3) is 2.22. The SMILES string of the molecule is O=C(C1NCC2CCCC21)N1CCCOc2ccccc21. The summed E-state index contributed by atoms with van der Waals surface area (Å²) < 4.78 is 5.76. The molecule has 4 heteroatoms. The van der Waals surface area contributed by atoms with Crippen molar-refractivity contribution in [1.82, 2.24) is 5.32 Å². The number of hydrogen-bond donors (Lipinski definition) is 1. The van der Waals surface area contributed by atoms with Crippen LogP contribution in [0.2, 0.25) is 0 Å². The predicted octanol–water partition coefficient (Wildman–Crippen LogP) is 2.19. The van der Waals surface area contributed by atoms with E-state index in [2.05, 4.69) is 5.32 Å². The van der Waals surface area contributed by atoms with Crippen LogP contribution in [0, 0.1) is 11.8 Å². The van der Waals surface area contributed by atoms with Crippen LogP contribution in [0.5, 0.6) is 5.75 Å². The summed E-state index contributed by atoms with van der Waals surface area (Å²) in [7, 11) is 0. The number of hydrogen-bond acceptors (Lipinski definition) is 3. The van der Waals surface area contributed by atoms with E-state index in [9.17, 15) is 4.79 Å². The van der Waals surface area contributed by atoms with Crippen LogP contribution in [0.3, 0.4) is 0 Å². The molecule has 0 aromatic heterocycles. The van der Waals surface area contributed by atoms with Gasteiger partial charge in [-0.15, -0.1) is 0 Å². The average Bonchev–Trinajstić information content (AvgIpc) is 3.04.